The SMILES string of the molecule is O=S([O-])Oc1ccccc1F.[Na+]. The van der Waals surface area contributed by atoms with Crippen molar-refractivity contribution >= 4 is 11.4 Å². The summed E-state index contributed by atoms with van der Waals surface area (Å²) in [5, 5.41) is 0. The summed E-state index contributed by atoms with van der Waals surface area (Å²) in [6, 6.07) is 5.26. The maximum absolute atomic E-state index is 12.6. The molecule has 0 saturated heterocycles. The van der Waals surface area contributed by atoms with Crippen LogP contribution in [0.25, 0.3) is 0 Å². The van der Waals surface area contributed by atoms with Crippen molar-refractivity contribution in [2.24, 2.45) is 0 Å². The molecular formula is C6H4FNaO3S. The molecule has 1 rings (SSSR count). The zero-order valence-corrected chi connectivity index (χ0v) is 9.14. The van der Waals surface area contributed by atoms with Crippen LogP contribution in [0.2, 0.25) is 0 Å². The number of rotatable bonds is 2. The summed E-state index contributed by atoms with van der Waals surface area (Å²) in [5.41, 5.74) is 0. The van der Waals surface area contributed by atoms with Crippen molar-refractivity contribution in [3.8, 4) is 5.75 Å². The van der Waals surface area contributed by atoms with Crippen LogP contribution < -0.4 is 33.7 Å². The van der Waals surface area contributed by atoms with Gasteiger partial charge in [-0.2, -0.15) is 0 Å². The Hall–Kier alpha value is 0.0600. The van der Waals surface area contributed by atoms with Gasteiger partial charge in [-0.25, -0.2) is 8.60 Å². The van der Waals surface area contributed by atoms with Crippen LogP contribution in [-0.4, -0.2) is 8.76 Å². The van der Waals surface area contributed by atoms with Gasteiger partial charge in [0.2, 0.25) is 0 Å². The molecule has 1 aromatic rings. The van der Waals surface area contributed by atoms with E-state index in [4.69, 9.17) is 0 Å². The molecule has 6 heteroatoms. The van der Waals surface area contributed by atoms with Gasteiger partial charge in [0.05, 0.1) is 0 Å². The molecule has 12 heavy (non-hydrogen) atoms. The molecule has 0 spiro atoms. The molecule has 3 nitrogen and oxygen atoms in total. The number of hydrogen-bond acceptors (Lipinski definition) is 3. The average molecular weight is 198 g/mol. The van der Waals surface area contributed by atoms with E-state index >= 15 is 0 Å². The van der Waals surface area contributed by atoms with Crippen molar-refractivity contribution in [2.45, 2.75) is 0 Å². The van der Waals surface area contributed by atoms with Crippen LogP contribution >= 0.6 is 0 Å². The summed E-state index contributed by atoms with van der Waals surface area (Å²) in [6.07, 6.45) is 0. The minimum absolute atomic E-state index is 0. The summed E-state index contributed by atoms with van der Waals surface area (Å²) in [6.45, 7) is 0. The molecule has 0 aromatic heterocycles. The Morgan fingerprint density at radius 1 is 1.42 bits per heavy atom. The predicted octanol–water partition coefficient (Wildman–Crippen LogP) is -2.00. The number of benzene rings is 1. The Labute approximate surface area is 93.7 Å². The topological polar surface area (TPSA) is 49.4 Å². The van der Waals surface area contributed by atoms with Gasteiger partial charge in [0.1, 0.15) is 11.4 Å². The largest absolute Gasteiger partial charge is 1.00 e. The van der Waals surface area contributed by atoms with Crippen LogP contribution in [-0.2, 0) is 11.4 Å². The van der Waals surface area contributed by atoms with Crippen LogP contribution in [0.1, 0.15) is 0 Å². The number of hydrogen-bond donors (Lipinski definition) is 0. The van der Waals surface area contributed by atoms with Crippen molar-refractivity contribution in [3.05, 3.63) is 30.1 Å². The minimum atomic E-state index is -2.72. The molecule has 0 amide bonds. The Balaban J connectivity index is 0.00000121. The maximum Gasteiger partial charge on any atom is 1.00 e. The summed E-state index contributed by atoms with van der Waals surface area (Å²) < 4.78 is 36.5. The normalized spacial score (nSPS) is 11.5. The van der Waals surface area contributed by atoms with E-state index in [9.17, 15) is 13.2 Å². The molecule has 0 heterocycles. The van der Waals surface area contributed by atoms with Crippen molar-refractivity contribution in [2.75, 3.05) is 0 Å². The first-order chi connectivity index (χ1) is 5.20. The van der Waals surface area contributed by atoms with Crippen molar-refractivity contribution in [1.29, 1.82) is 0 Å². The quantitative estimate of drug-likeness (QED) is 0.408. The van der Waals surface area contributed by atoms with E-state index in [0.717, 1.165) is 6.07 Å². The Morgan fingerprint density at radius 2 is 2.00 bits per heavy atom. The van der Waals surface area contributed by atoms with Crippen LogP contribution in [0.3, 0.4) is 0 Å². The fourth-order valence-electron chi connectivity index (χ4n) is 0.586. The summed E-state index contributed by atoms with van der Waals surface area (Å²) in [4.78, 5) is 0. The van der Waals surface area contributed by atoms with Gasteiger partial charge in [0.15, 0.2) is 11.6 Å². The third kappa shape index (κ3) is 3.64. The van der Waals surface area contributed by atoms with Gasteiger partial charge in [-0.15, -0.1) is 0 Å². The molecule has 0 aliphatic heterocycles. The third-order valence-corrected chi connectivity index (χ3v) is 1.31. The van der Waals surface area contributed by atoms with Crippen molar-refractivity contribution < 1.29 is 46.9 Å². The standard InChI is InChI=1S/C6H5FO3S.Na/c7-5-3-1-2-4-6(5)10-11(8)9;/h1-4H,(H,8,9);/q;+1/p-1. The smallest absolute Gasteiger partial charge is 0.740 e. The molecule has 0 N–H and O–H groups in total. The van der Waals surface area contributed by atoms with Gasteiger partial charge in [-0.3, -0.25) is 0 Å². The molecule has 0 radical (unpaired) electrons. The van der Waals surface area contributed by atoms with Crippen LogP contribution in [0, 0.1) is 5.82 Å². The van der Waals surface area contributed by atoms with Crippen LogP contribution in [0.4, 0.5) is 4.39 Å². The Kier molecular flexibility index (Phi) is 5.69. The molecule has 1 aromatic carbocycles. The molecule has 0 saturated carbocycles. The monoisotopic (exact) mass is 198 g/mol. The second-order valence-electron chi connectivity index (χ2n) is 1.72. The fraction of sp³-hybridized carbons (Fsp3) is 0. The van der Waals surface area contributed by atoms with Gasteiger partial charge in [-0.05, 0) is 12.1 Å². The first-order valence-corrected chi connectivity index (χ1v) is 3.72. The summed E-state index contributed by atoms with van der Waals surface area (Å²) in [7, 11) is 0. The molecular weight excluding hydrogens is 194 g/mol. The van der Waals surface area contributed by atoms with Gasteiger partial charge >= 0.3 is 29.6 Å². The average Bonchev–Trinajstić information content (AvgIpc) is 1.93. The molecule has 0 fully saturated rings. The Morgan fingerprint density at radius 3 is 2.50 bits per heavy atom. The minimum Gasteiger partial charge on any atom is -0.740 e. The van der Waals surface area contributed by atoms with Crippen LogP contribution in [0.15, 0.2) is 24.3 Å². The third-order valence-electron chi connectivity index (χ3n) is 0.994. The van der Waals surface area contributed by atoms with Gasteiger partial charge < -0.3 is 8.74 Å². The first-order valence-electron chi connectivity index (χ1n) is 2.72. The molecule has 1 unspecified atom stereocenters. The van der Waals surface area contributed by atoms with E-state index < -0.39 is 17.2 Å². The number of halogens is 1. The first kappa shape index (κ1) is 12.1. The van der Waals surface area contributed by atoms with E-state index in [1.807, 2.05) is 0 Å². The zero-order chi connectivity index (χ0) is 8.27. The van der Waals surface area contributed by atoms with E-state index in [0.29, 0.717) is 0 Å². The second kappa shape index (κ2) is 5.66. The second-order valence-corrected chi connectivity index (χ2v) is 2.29. The fourth-order valence-corrected chi connectivity index (χ4v) is 0.867. The molecule has 0 bridgehead atoms. The summed E-state index contributed by atoms with van der Waals surface area (Å²) in [5.74, 6) is -0.988. The van der Waals surface area contributed by atoms with E-state index in [1.54, 1.807) is 0 Å². The zero-order valence-electron chi connectivity index (χ0n) is 6.32. The number of para-hydroxylation sites is 1. The molecule has 0 aliphatic rings. The van der Waals surface area contributed by atoms with E-state index in [-0.39, 0.29) is 35.3 Å². The maximum atomic E-state index is 12.6. The molecule has 1 atom stereocenters. The van der Waals surface area contributed by atoms with E-state index in [1.165, 1.54) is 18.2 Å². The van der Waals surface area contributed by atoms with Gasteiger partial charge in [0.25, 0.3) is 0 Å². The van der Waals surface area contributed by atoms with Crippen LogP contribution in [0.5, 0.6) is 5.75 Å². The van der Waals surface area contributed by atoms with Crippen molar-refractivity contribution in [1.82, 2.24) is 0 Å². The predicted molar refractivity (Wildman–Crippen MR) is 35.9 cm³/mol. The van der Waals surface area contributed by atoms with E-state index in [2.05, 4.69) is 4.18 Å². The molecule has 0 aliphatic carbocycles. The van der Waals surface area contributed by atoms with Gasteiger partial charge in [-0.1, -0.05) is 12.1 Å². The van der Waals surface area contributed by atoms with Gasteiger partial charge in [0, 0.05) is 0 Å². The summed E-state index contributed by atoms with van der Waals surface area (Å²) >= 11 is -2.72. The van der Waals surface area contributed by atoms with Crippen molar-refractivity contribution in [3.63, 3.8) is 0 Å². The molecule has 60 valence electrons. The Bertz CT molecular complexity index is 281.